The molecule has 29 heavy (non-hydrogen) atoms. The second kappa shape index (κ2) is 10.6. The van der Waals surface area contributed by atoms with E-state index in [0.717, 1.165) is 63.0 Å². The predicted octanol–water partition coefficient (Wildman–Crippen LogP) is 3.10. The number of likely N-dealkylation sites (tertiary alicyclic amines) is 1. The number of rotatable bonds is 9. The molecule has 1 unspecified atom stereocenters. The molecule has 0 aliphatic carbocycles. The minimum absolute atomic E-state index is 0.0514. The Kier molecular flexibility index (Phi) is 7.67. The fourth-order valence-corrected chi connectivity index (χ4v) is 3.70. The Morgan fingerprint density at radius 2 is 2.14 bits per heavy atom. The SMILES string of the molecule is CCCCCNC(=O)N1CCC(Cc2cccc(C(=O)NCc3ccn[nH]3)c2)C1. The first-order valence-electron chi connectivity index (χ1n) is 10.5. The molecule has 1 fully saturated rings. The van der Waals surface area contributed by atoms with E-state index < -0.39 is 0 Å². The summed E-state index contributed by atoms with van der Waals surface area (Å²) < 4.78 is 0. The third-order valence-corrected chi connectivity index (χ3v) is 5.34. The molecule has 0 spiro atoms. The van der Waals surface area contributed by atoms with Crippen molar-refractivity contribution in [2.75, 3.05) is 19.6 Å². The topological polar surface area (TPSA) is 90.1 Å². The third kappa shape index (κ3) is 6.34. The number of aromatic nitrogens is 2. The van der Waals surface area contributed by atoms with E-state index in [9.17, 15) is 9.59 Å². The summed E-state index contributed by atoms with van der Waals surface area (Å²) in [6.45, 7) is 4.91. The van der Waals surface area contributed by atoms with Crippen molar-refractivity contribution >= 4 is 11.9 Å². The summed E-state index contributed by atoms with van der Waals surface area (Å²) in [5.41, 5.74) is 2.66. The van der Waals surface area contributed by atoms with Crippen LogP contribution in [0.25, 0.3) is 0 Å². The van der Waals surface area contributed by atoms with Gasteiger partial charge in [0.1, 0.15) is 0 Å². The molecule has 7 nitrogen and oxygen atoms in total. The van der Waals surface area contributed by atoms with Crippen LogP contribution in [0.5, 0.6) is 0 Å². The molecule has 156 valence electrons. The number of unbranched alkanes of at least 4 members (excludes halogenated alkanes) is 2. The number of amides is 3. The average Bonchev–Trinajstić information content (AvgIpc) is 3.41. The Balaban J connectivity index is 1.46. The van der Waals surface area contributed by atoms with E-state index in [1.165, 1.54) is 0 Å². The van der Waals surface area contributed by atoms with Gasteiger partial charge < -0.3 is 15.5 Å². The molecule has 1 aliphatic heterocycles. The van der Waals surface area contributed by atoms with Gasteiger partial charge in [0.15, 0.2) is 0 Å². The van der Waals surface area contributed by atoms with Crippen molar-refractivity contribution in [3.05, 3.63) is 53.3 Å². The standard InChI is InChI=1S/C22H31N5O2/c1-2-3-4-10-23-22(29)27-12-9-18(16-27)13-17-6-5-7-19(14-17)21(28)24-15-20-8-11-25-26-20/h5-8,11,14,18H,2-4,9-10,12-13,15-16H2,1H3,(H,23,29)(H,24,28)(H,25,26). The van der Waals surface area contributed by atoms with Gasteiger partial charge in [-0.25, -0.2) is 4.79 Å². The lowest BCUT2D eigenvalue weighted by Gasteiger charge is -2.17. The maximum atomic E-state index is 12.4. The van der Waals surface area contributed by atoms with Crippen LogP contribution in [0.4, 0.5) is 4.79 Å². The quantitative estimate of drug-likeness (QED) is 0.568. The molecular weight excluding hydrogens is 366 g/mol. The number of nitrogens with one attached hydrogen (secondary N) is 3. The van der Waals surface area contributed by atoms with Gasteiger partial charge in [0.25, 0.3) is 5.91 Å². The predicted molar refractivity (Wildman–Crippen MR) is 113 cm³/mol. The zero-order valence-corrected chi connectivity index (χ0v) is 17.1. The first-order chi connectivity index (χ1) is 14.2. The molecule has 3 rings (SSSR count). The number of hydrogen-bond donors (Lipinski definition) is 3. The molecule has 1 aromatic heterocycles. The van der Waals surface area contributed by atoms with Gasteiger partial charge in [0.05, 0.1) is 12.2 Å². The first-order valence-corrected chi connectivity index (χ1v) is 10.5. The molecule has 1 aliphatic rings. The number of H-pyrrole nitrogens is 1. The lowest BCUT2D eigenvalue weighted by molar-refractivity contribution is 0.0950. The zero-order chi connectivity index (χ0) is 20.5. The van der Waals surface area contributed by atoms with E-state index in [4.69, 9.17) is 0 Å². The summed E-state index contributed by atoms with van der Waals surface area (Å²) in [5, 5.41) is 12.6. The Morgan fingerprint density at radius 3 is 2.93 bits per heavy atom. The monoisotopic (exact) mass is 397 g/mol. The highest BCUT2D eigenvalue weighted by Crippen LogP contribution is 2.21. The number of carbonyl (C=O) groups excluding carboxylic acids is 2. The minimum atomic E-state index is -0.0963. The van der Waals surface area contributed by atoms with Crippen LogP contribution in [-0.2, 0) is 13.0 Å². The van der Waals surface area contributed by atoms with Gasteiger partial charge in [0, 0.05) is 31.4 Å². The van der Waals surface area contributed by atoms with Crippen LogP contribution in [0.2, 0.25) is 0 Å². The molecular formula is C22H31N5O2. The molecule has 0 bridgehead atoms. The van der Waals surface area contributed by atoms with Crippen molar-refractivity contribution in [2.24, 2.45) is 5.92 Å². The fourth-order valence-electron chi connectivity index (χ4n) is 3.70. The second-order valence-corrected chi connectivity index (χ2v) is 7.71. The van der Waals surface area contributed by atoms with Crippen molar-refractivity contribution in [1.29, 1.82) is 0 Å². The molecule has 1 atom stereocenters. The molecule has 0 radical (unpaired) electrons. The number of carbonyl (C=O) groups is 2. The molecule has 3 N–H and O–H groups in total. The second-order valence-electron chi connectivity index (χ2n) is 7.71. The zero-order valence-electron chi connectivity index (χ0n) is 17.1. The number of hydrogen-bond acceptors (Lipinski definition) is 3. The molecule has 2 heterocycles. The van der Waals surface area contributed by atoms with Crippen LogP contribution in [0.1, 0.15) is 54.2 Å². The Morgan fingerprint density at radius 1 is 1.24 bits per heavy atom. The van der Waals surface area contributed by atoms with Crippen molar-refractivity contribution < 1.29 is 9.59 Å². The summed E-state index contributed by atoms with van der Waals surface area (Å²) >= 11 is 0. The van der Waals surface area contributed by atoms with Crippen molar-refractivity contribution in [1.82, 2.24) is 25.7 Å². The van der Waals surface area contributed by atoms with Crippen LogP contribution in [0.15, 0.2) is 36.5 Å². The maximum absolute atomic E-state index is 12.4. The molecule has 2 aromatic rings. The van der Waals surface area contributed by atoms with E-state index in [1.54, 1.807) is 6.20 Å². The summed E-state index contributed by atoms with van der Waals surface area (Å²) in [7, 11) is 0. The van der Waals surface area contributed by atoms with Crippen LogP contribution >= 0.6 is 0 Å². The summed E-state index contributed by atoms with van der Waals surface area (Å²) in [6.07, 6.45) is 6.88. The smallest absolute Gasteiger partial charge is 0.317 e. The molecule has 7 heteroatoms. The van der Waals surface area contributed by atoms with Crippen LogP contribution in [0.3, 0.4) is 0 Å². The van der Waals surface area contributed by atoms with E-state index in [-0.39, 0.29) is 11.9 Å². The lowest BCUT2D eigenvalue weighted by atomic mass is 9.97. The number of aromatic amines is 1. The highest BCUT2D eigenvalue weighted by atomic mass is 16.2. The Labute approximate surface area is 172 Å². The van der Waals surface area contributed by atoms with E-state index in [0.29, 0.717) is 18.0 Å². The van der Waals surface area contributed by atoms with Gasteiger partial charge in [-0.05, 0) is 48.9 Å². The van der Waals surface area contributed by atoms with Gasteiger partial charge in [-0.2, -0.15) is 5.10 Å². The first kappa shape index (κ1) is 20.9. The Hall–Kier alpha value is -2.83. The van der Waals surface area contributed by atoms with Crippen molar-refractivity contribution in [2.45, 2.75) is 45.6 Å². The maximum Gasteiger partial charge on any atom is 0.317 e. The lowest BCUT2D eigenvalue weighted by Crippen LogP contribution is -2.39. The highest BCUT2D eigenvalue weighted by molar-refractivity contribution is 5.94. The van der Waals surface area contributed by atoms with Crippen LogP contribution in [-0.4, -0.2) is 46.7 Å². The molecule has 1 aromatic carbocycles. The Bertz CT molecular complexity index is 790. The molecule has 0 saturated carbocycles. The van der Waals surface area contributed by atoms with Gasteiger partial charge in [0.2, 0.25) is 0 Å². The summed E-state index contributed by atoms with van der Waals surface area (Å²) in [5.74, 6) is 0.334. The number of urea groups is 1. The summed E-state index contributed by atoms with van der Waals surface area (Å²) in [4.78, 5) is 26.6. The molecule has 1 saturated heterocycles. The number of benzene rings is 1. The fraction of sp³-hybridized carbons (Fsp3) is 0.500. The van der Waals surface area contributed by atoms with Crippen molar-refractivity contribution in [3.63, 3.8) is 0 Å². The van der Waals surface area contributed by atoms with Gasteiger partial charge in [-0.15, -0.1) is 0 Å². The van der Waals surface area contributed by atoms with E-state index in [2.05, 4.69) is 33.8 Å². The van der Waals surface area contributed by atoms with Crippen molar-refractivity contribution in [3.8, 4) is 0 Å². The van der Waals surface area contributed by atoms with Gasteiger partial charge in [-0.1, -0.05) is 31.9 Å². The van der Waals surface area contributed by atoms with Gasteiger partial charge in [-0.3, -0.25) is 9.89 Å². The van der Waals surface area contributed by atoms with Gasteiger partial charge >= 0.3 is 6.03 Å². The highest BCUT2D eigenvalue weighted by Gasteiger charge is 2.26. The van der Waals surface area contributed by atoms with E-state index in [1.807, 2.05) is 29.2 Å². The number of nitrogens with zero attached hydrogens (tertiary/aromatic N) is 2. The van der Waals surface area contributed by atoms with E-state index >= 15 is 0 Å². The summed E-state index contributed by atoms with van der Waals surface area (Å²) in [6, 6.07) is 9.65. The van der Waals surface area contributed by atoms with Crippen LogP contribution < -0.4 is 10.6 Å². The average molecular weight is 398 g/mol. The third-order valence-electron chi connectivity index (χ3n) is 5.34. The van der Waals surface area contributed by atoms with Crippen LogP contribution in [0, 0.1) is 5.92 Å². The largest absolute Gasteiger partial charge is 0.346 e. The molecule has 3 amide bonds. The minimum Gasteiger partial charge on any atom is -0.346 e. The normalized spacial score (nSPS) is 16.0.